The van der Waals surface area contributed by atoms with Gasteiger partial charge in [0.15, 0.2) is 5.03 Å². The van der Waals surface area contributed by atoms with E-state index < -0.39 is 22.0 Å². The lowest BCUT2D eigenvalue weighted by Gasteiger charge is -2.11. The highest BCUT2D eigenvalue weighted by Gasteiger charge is 2.26. The Hall–Kier alpha value is -1.45. The Morgan fingerprint density at radius 3 is 2.89 bits per heavy atom. The molecule has 0 aliphatic carbocycles. The molecule has 3 N–H and O–H groups in total. The Morgan fingerprint density at radius 1 is 1.67 bits per heavy atom. The third-order valence-electron chi connectivity index (χ3n) is 2.00. The Morgan fingerprint density at radius 2 is 2.33 bits per heavy atom. The molecule has 0 bridgehead atoms. The fourth-order valence-electron chi connectivity index (χ4n) is 1.19. The van der Waals surface area contributed by atoms with Gasteiger partial charge in [0, 0.05) is 6.04 Å². The van der Waals surface area contributed by atoms with Crippen molar-refractivity contribution in [2.45, 2.75) is 24.9 Å². The number of hydrogen-bond donors (Lipinski definition) is 3. The lowest BCUT2D eigenvalue weighted by atomic mass is 10.4. The van der Waals surface area contributed by atoms with Crippen LogP contribution < -0.4 is 4.72 Å². The van der Waals surface area contributed by atoms with Crippen LogP contribution in [0.3, 0.4) is 0 Å². The number of sulfonamides is 1. The van der Waals surface area contributed by atoms with Crippen molar-refractivity contribution in [2.24, 2.45) is 0 Å². The summed E-state index contributed by atoms with van der Waals surface area (Å²) >= 11 is 0. The molecule has 0 spiro atoms. The summed E-state index contributed by atoms with van der Waals surface area (Å²) in [5.74, 6) is -0.775. The first kappa shape index (κ1) is 14.6. The summed E-state index contributed by atoms with van der Waals surface area (Å²) in [5.41, 5.74) is -0.172. The van der Waals surface area contributed by atoms with Crippen LogP contribution in [-0.4, -0.2) is 48.9 Å². The summed E-state index contributed by atoms with van der Waals surface area (Å²) in [4.78, 5) is 11.5. The first-order valence-corrected chi connectivity index (χ1v) is 6.74. The third kappa shape index (κ3) is 3.28. The van der Waals surface area contributed by atoms with E-state index in [2.05, 4.69) is 14.9 Å². The quantitative estimate of drug-likeness (QED) is 0.588. The Labute approximate surface area is 104 Å². The molecule has 1 unspecified atom stereocenters. The standard InChI is InChI=1S/C9H15N3O5S/c1-3-17-9(14)7-4-10-11-8(7)18(15,16)12-6(2)5-13/h4,6,12-13H,3,5H2,1-2H3,(H,10,11). The van der Waals surface area contributed by atoms with Crippen LogP contribution in [0.5, 0.6) is 0 Å². The third-order valence-corrected chi connectivity index (χ3v) is 3.56. The number of nitrogens with one attached hydrogen (secondary N) is 2. The summed E-state index contributed by atoms with van der Waals surface area (Å²) in [6, 6.07) is -0.673. The van der Waals surface area contributed by atoms with Gasteiger partial charge in [0.1, 0.15) is 5.56 Å². The van der Waals surface area contributed by atoms with E-state index in [1.165, 1.54) is 6.92 Å². The molecule has 0 radical (unpaired) electrons. The maximum Gasteiger partial charge on any atom is 0.342 e. The molecule has 1 aromatic rings. The molecular weight excluding hydrogens is 262 g/mol. The maximum atomic E-state index is 11.9. The molecule has 0 amide bonds. The zero-order chi connectivity index (χ0) is 13.8. The van der Waals surface area contributed by atoms with Gasteiger partial charge < -0.3 is 9.84 Å². The molecule has 0 aromatic carbocycles. The molecule has 1 rings (SSSR count). The van der Waals surface area contributed by atoms with Crippen molar-refractivity contribution < 1.29 is 23.1 Å². The number of H-pyrrole nitrogens is 1. The Balaban J connectivity index is 3.03. The van der Waals surface area contributed by atoms with E-state index in [-0.39, 0.29) is 23.8 Å². The Bertz CT molecular complexity index is 510. The normalized spacial score (nSPS) is 13.3. The van der Waals surface area contributed by atoms with Gasteiger partial charge in [-0.25, -0.2) is 17.9 Å². The smallest absolute Gasteiger partial charge is 0.342 e. The van der Waals surface area contributed by atoms with E-state index in [1.54, 1.807) is 6.92 Å². The van der Waals surface area contributed by atoms with Crippen molar-refractivity contribution in [1.29, 1.82) is 0 Å². The van der Waals surface area contributed by atoms with E-state index in [0.717, 1.165) is 6.20 Å². The largest absolute Gasteiger partial charge is 0.462 e. The zero-order valence-electron chi connectivity index (χ0n) is 10.0. The molecular formula is C9H15N3O5S. The van der Waals surface area contributed by atoms with Crippen molar-refractivity contribution >= 4 is 16.0 Å². The van der Waals surface area contributed by atoms with Gasteiger partial charge in [0.2, 0.25) is 0 Å². The van der Waals surface area contributed by atoms with E-state index in [0.29, 0.717) is 0 Å². The lowest BCUT2D eigenvalue weighted by Crippen LogP contribution is -2.36. The first-order chi connectivity index (χ1) is 8.42. The molecule has 0 fully saturated rings. The van der Waals surface area contributed by atoms with Crippen LogP contribution >= 0.6 is 0 Å². The highest BCUT2D eigenvalue weighted by Crippen LogP contribution is 2.13. The predicted molar refractivity (Wildman–Crippen MR) is 61.4 cm³/mol. The van der Waals surface area contributed by atoms with Gasteiger partial charge in [-0.05, 0) is 13.8 Å². The van der Waals surface area contributed by atoms with Gasteiger partial charge in [0.25, 0.3) is 10.0 Å². The van der Waals surface area contributed by atoms with Crippen LogP contribution in [0.1, 0.15) is 24.2 Å². The van der Waals surface area contributed by atoms with Gasteiger partial charge in [-0.15, -0.1) is 0 Å². The number of aliphatic hydroxyl groups excluding tert-OH is 1. The zero-order valence-corrected chi connectivity index (χ0v) is 10.8. The van der Waals surface area contributed by atoms with Crippen LogP contribution in [0.2, 0.25) is 0 Å². The molecule has 1 atom stereocenters. The van der Waals surface area contributed by atoms with Crippen LogP contribution in [0.4, 0.5) is 0 Å². The molecule has 0 aliphatic rings. The molecule has 1 heterocycles. The van der Waals surface area contributed by atoms with Crippen molar-refractivity contribution in [3.8, 4) is 0 Å². The lowest BCUT2D eigenvalue weighted by molar-refractivity contribution is 0.0522. The summed E-state index contributed by atoms with van der Waals surface area (Å²) in [6.07, 6.45) is 1.08. The summed E-state index contributed by atoms with van der Waals surface area (Å²) in [5, 5.41) is 14.2. The maximum absolute atomic E-state index is 11.9. The minimum absolute atomic E-state index is 0.129. The van der Waals surface area contributed by atoms with E-state index in [1.807, 2.05) is 0 Å². The fourth-order valence-corrected chi connectivity index (χ4v) is 2.51. The van der Waals surface area contributed by atoms with Gasteiger partial charge >= 0.3 is 5.97 Å². The number of aliphatic hydroxyl groups is 1. The molecule has 0 saturated carbocycles. The van der Waals surface area contributed by atoms with Crippen LogP contribution in [0.25, 0.3) is 0 Å². The summed E-state index contributed by atoms with van der Waals surface area (Å²) < 4.78 is 30.7. The number of nitrogens with zero attached hydrogens (tertiary/aromatic N) is 1. The number of aromatic amines is 1. The Kier molecular flexibility index (Phi) is 4.82. The summed E-state index contributed by atoms with van der Waals surface area (Å²) in [7, 11) is -3.95. The second-order valence-corrected chi connectivity index (χ2v) is 5.19. The van der Waals surface area contributed by atoms with Gasteiger partial charge in [-0.2, -0.15) is 5.10 Å². The number of carbonyl (C=O) groups excluding carboxylic acids is 1. The summed E-state index contributed by atoms with van der Waals surface area (Å²) in [6.45, 7) is 2.86. The topological polar surface area (TPSA) is 121 Å². The molecule has 8 nitrogen and oxygen atoms in total. The van der Waals surface area contributed by atoms with Crippen molar-refractivity contribution in [1.82, 2.24) is 14.9 Å². The van der Waals surface area contributed by atoms with E-state index in [9.17, 15) is 13.2 Å². The molecule has 102 valence electrons. The van der Waals surface area contributed by atoms with E-state index >= 15 is 0 Å². The highest BCUT2D eigenvalue weighted by molar-refractivity contribution is 7.89. The number of aromatic nitrogens is 2. The SMILES string of the molecule is CCOC(=O)c1cn[nH]c1S(=O)(=O)NC(C)CO. The minimum Gasteiger partial charge on any atom is -0.462 e. The second-order valence-electron chi connectivity index (χ2n) is 3.54. The minimum atomic E-state index is -3.95. The monoisotopic (exact) mass is 277 g/mol. The van der Waals surface area contributed by atoms with Gasteiger partial charge in [-0.1, -0.05) is 0 Å². The van der Waals surface area contributed by atoms with Crippen molar-refractivity contribution in [3.05, 3.63) is 11.8 Å². The highest BCUT2D eigenvalue weighted by atomic mass is 32.2. The van der Waals surface area contributed by atoms with Gasteiger partial charge in [0.05, 0.1) is 19.4 Å². The number of ether oxygens (including phenoxy) is 1. The predicted octanol–water partition coefficient (Wildman–Crippen LogP) is -0.754. The average molecular weight is 277 g/mol. The van der Waals surface area contributed by atoms with Crippen LogP contribution in [0, 0.1) is 0 Å². The molecule has 0 aliphatic heterocycles. The first-order valence-electron chi connectivity index (χ1n) is 5.26. The number of esters is 1. The van der Waals surface area contributed by atoms with E-state index in [4.69, 9.17) is 9.84 Å². The number of hydrogen-bond acceptors (Lipinski definition) is 6. The molecule has 9 heteroatoms. The molecule has 1 aromatic heterocycles. The second kappa shape index (κ2) is 5.94. The van der Waals surface area contributed by atoms with Gasteiger partial charge in [-0.3, -0.25) is 5.10 Å². The molecule has 18 heavy (non-hydrogen) atoms. The fraction of sp³-hybridized carbons (Fsp3) is 0.556. The van der Waals surface area contributed by atoms with Crippen molar-refractivity contribution in [2.75, 3.05) is 13.2 Å². The number of carbonyl (C=O) groups is 1. The van der Waals surface area contributed by atoms with Crippen LogP contribution in [-0.2, 0) is 14.8 Å². The molecule has 0 saturated heterocycles. The number of rotatable bonds is 6. The average Bonchev–Trinajstić information content (AvgIpc) is 2.78. The van der Waals surface area contributed by atoms with Crippen molar-refractivity contribution in [3.63, 3.8) is 0 Å². The van der Waals surface area contributed by atoms with Crippen LogP contribution in [0.15, 0.2) is 11.2 Å².